The van der Waals surface area contributed by atoms with Gasteiger partial charge in [0.25, 0.3) is 0 Å². The molecule has 1 unspecified atom stereocenters. The van der Waals surface area contributed by atoms with Crippen LogP contribution >= 0.6 is 0 Å². The minimum atomic E-state index is -4.45. The average Bonchev–Trinajstić information content (AvgIpc) is 3.22. The molecule has 3 rings (SSSR count). The van der Waals surface area contributed by atoms with Crippen LogP contribution in [0, 0.1) is 5.92 Å². The first-order chi connectivity index (χ1) is 10.4. The molecule has 1 amide bonds. The van der Waals surface area contributed by atoms with Crippen LogP contribution in [0.3, 0.4) is 0 Å². The van der Waals surface area contributed by atoms with Gasteiger partial charge >= 0.3 is 6.18 Å². The van der Waals surface area contributed by atoms with E-state index in [-0.39, 0.29) is 30.2 Å². The summed E-state index contributed by atoms with van der Waals surface area (Å²) in [5.41, 5.74) is -0.660. The topological polar surface area (TPSA) is 42.4 Å². The summed E-state index contributed by atoms with van der Waals surface area (Å²) >= 11 is 0. The van der Waals surface area contributed by atoms with E-state index < -0.39 is 11.9 Å². The van der Waals surface area contributed by atoms with E-state index in [4.69, 9.17) is 4.74 Å². The number of carbonyl (C=O) groups is 1. The molecule has 1 saturated heterocycles. The average molecular weight is 314 g/mol. The van der Waals surface area contributed by atoms with Crippen LogP contribution in [0.4, 0.5) is 13.2 Å². The van der Waals surface area contributed by atoms with Gasteiger partial charge in [-0.1, -0.05) is 6.07 Å². The van der Waals surface area contributed by atoms with Gasteiger partial charge in [-0.05, 0) is 31.4 Å². The van der Waals surface area contributed by atoms with Gasteiger partial charge in [-0.3, -0.25) is 4.79 Å². The van der Waals surface area contributed by atoms with Crippen molar-refractivity contribution in [1.82, 2.24) is 9.88 Å². The molecule has 120 valence electrons. The van der Waals surface area contributed by atoms with Gasteiger partial charge in [0.15, 0.2) is 0 Å². The Morgan fingerprint density at radius 1 is 1.32 bits per heavy atom. The van der Waals surface area contributed by atoms with Crippen molar-refractivity contribution in [2.75, 3.05) is 13.1 Å². The Morgan fingerprint density at radius 3 is 2.77 bits per heavy atom. The molecule has 2 aliphatic rings. The SMILES string of the molecule is O=C(C1CC1)N1CCC(OCc2cccc(C(F)(F)F)n2)C1. The molecular weight excluding hydrogens is 297 g/mol. The van der Waals surface area contributed by atoms with Crippen molar-refractivity contribution in [2.24, 2.45) is 5.92 Å². The summed E-state index contributed by atoms with van der Waals surface area (Å²) in [6.07, 6.45) is -1.92. The molecule has 1 saturated carbocycles. The summed E-state index contributed by atoms with van der Waals surface area (Å²) in [7, 11) is 0. The Morgan fingerprint density at radius 2 is 2.09 bits per heavy atom. The number of ether oxygens (including phenoxy) is 1. The lowest BCUT2D eigenvalue weighted by Crippen LogP contribution is -2.31. The predicted octanol–water partition coefficient (Wildman–Crippen LogP) is 2.63. The first-order valence-corrected chi connectivity index (χ1v) is 7.37. The molecule has 0 N–H and O–H groups in total. The summed E-state index contributed by atoms with van der Waals surface area (Å²) < 4.78 is 43.4. The van der Waals surface area contributed by atoms with E-state index in [1.54, 1.807) is 4.90 Å². The fourth-order valence-corrected chi connectivity index (χ4v) is 2.57. The Kier molecular flexibility index (Phi) is 4.08. The number of amides is 1. The number of likely N-dealkylation sites (tertiary alicyclic amines) is 1. The van der Waals surface area contributed by atoms with Gasteiger partial charge < -0.3 is 9.64 Å². The van der Waals surface area contributed by atoms with Crippen LogP contribution in [0.2, 0.25) is 0 Å². The summed E-state index contributed by atoms with van der Waals surface area (Å²) in [6, 6.07) is 3.78. The number of carbonyl (C=O) groups excluding carboxylic acids is 1. The maximum Gasteiger partial charge on any atom is 0.433 e. The fourth-order valence-electron chi connectivity index (χ4n) is 2.57. The zero-order valence-electron chi connectivity index (χ0n) is 12.0. The van der Waals surface area contributed by atoms with Crippen molar-refractivity contribution >= 4 is 5.91 Å². The van der Waals surface area contributed by atoms with E-state index >= 15 is 0 Å². The van der Waals surface area contributed by atoms with Crippen molar-refractivity contribution < 1.29 is 22.7 Å². The van der Waals surface area contributed by atoms with E-state index in [0.29, 0.717) is 13.1 Å². The van der Waals surface area contributed by atoms with E-state index in [2.05, 4.69) is 4.98 Å². The van der Waals surface area contributed by atoms with E-state index in [9.17, 15) is 18.0 Å². The third kappa shape index (κ3) is 3.58. The normalized spacial score (nSPS) is 22.1. The van der Waals surface area contributed by atoms with E-state index in [0.717, 1.165) is 25.3 Å². The monoisotopic (exact) mass is 314 g/mol. The molecule has 1 aromatic rings. The number of hydrogen-bond acceptors (Lipinski definition) is 3. The van der Waals surface area contributed by atoms with Crippen molar-refractivity contribution in [3.8, 4) is 0 Å². The Labute approximate surface area is 126 Å². The summed E-state index contributed by atoms with van der Waals surface area (Å²) in [4.78, 5) is 17.3. The Balaban J connectivity index is 1.52. The molecule has 1 aliphatic heterocycles. The van der Waals surface area contributed by atoms with Crippen LogP contribution in [0.5, 0.6) is 0 Å². The molecule has 1 aromatic heterocycles. The molecular formula is C15H17F3N2O2. The molecule has 2 fully saturated rings. The summed E-state index contributed by atoms with van der Waals surface area (Å²) in [5.74, 6) is 0.368. The van der Waals surface area contributed by atoms with Crippen LogP contribution in [0.1, 0.15) is 30.7 Å². The molecule has 22 heavy (non-hydrogen) atoms. The highest BCUT2D eigenvalue weighted by Crippen LogP contribution is 2.32. The van der Waals surface area contributed by atoms with E-state index in [1.807, 2.05) is 0 Å². The molecule has 4 nitrogen and oxygen atoms in total. The van der Waals surface area contributed by atoms with Gasteiger partial charge in [0.2, 0.25) is 5.91 Å². The van der Waals surface area contributed by atoms with E-state index in [1.165, 1.54) is 12.1 Å². The van der Waals surface area contributed by atoms with Gasteiger partial charge in [-0.25, -0.2) is 4.98 Å². The third-order valence-electron chi connectivity index (χ3n) is 3.95. The van der Waals surface area contributed by atoms with Crippen LogP contribution < -0.4 is 0 Å². The number of aromatic nitrogens is 1. The number of hydrogen-bond donors (Lipinski definition) is 0. The smallest absolute Gasteiger partial charge is 0.370 e. The lowest BCUT2D eigenvalue weighted by Gasteiger charge is -2.16. The largest absolute Gasteiger partial charge is 0.433 e. The molecule has 0 spiro atoms. The molecule has 2 heterocycles. The molecule has 0 aromatic carbocycles. The summed E-state index contributed by atoms with van der Waals surface area (Å²) in [5, 5.41) is 0. The molecule has 7 heteroatoms. The molecule has 1 atom stereocenters. The second kappa shape index (κ2) is 5.87. The minimum Gasteiger partial charge on any atom is -0.370 e. The summed E-state index contributed by atoms with van der Waals surface area (Å²) in [6.45, 7) is 1.21. The molecule has 0 radical (unpaired) electrons. The maximum atomic E-state index is 12.6. The number of rotatable bonds is 4. The number of nitrogens with zero attached hydrogens (tertiary/aromatic N) is 2. The van der Waals surface area contributed by atoms with Gasteiger partial charge in [0, 0.05) is 19.0 Å². The zero-order chi connectivity index (χ0) is 15.7. The first kappa shape index (κ1) is 15.3. The van der Waals surface area contributed by atoms with Crippen LogP contribution in [-0.4, -0.2) is 35.0 Å². The molecule has 1 aliphatic carbocycles. The number of halogens is 3. The predicted molar refractivity (Wildman–Crippen MR) is 71.7 cm³/mol. The van der Waals surface area contributed by atoms with Crippen molar-refractivity contribution in [2.45, 2.75) is 38.1 Å². The minimum absolute atomic E-state index is 0.0278. The lowest BCUT2D eigenvalue weighted by molar-refractivity contribution is -0.141. The Bertz CT molecular complexity index is 558. The van der Waals surface area contributed by atoms with Crippen molar-refractivity contribution in [3.05, 3.63) is 29.6 Å². The highest BCUT2D eigenvalue weighted by Gasteiger charge is 2.37. The highest BCUT2D eigenvalue weighted by molar-refractivity contribution is 5.81. The van der Waals surface area contributed by atoms with Crippen LogP contribution in [0.15, 0.2) is 18.2 Å². The third-order valence-corrected chi connectivity index (χ3v) is 3.95. The van der Waals surface area contributed by atoms with Crippen molar-refractivity contribution in [1.29, 1.82) is 0 Å². The maximum absolute atomic E-state index is 12.6. The van der Waals surface area contributed by atoms with Gasteiger partial charge in [0.05, 0.1) is 18.4 Å². The number of pyridine rings is 1. The second-order valence-corrected chi connectivity index (χ2v) is 5.79. The quantitative estimate of drug-likeness (QED) is 0.858. The lowest BCUT2D eigenvalue weighted by atomic mass is 10.3. The van der Waals surface area contributed by atoms with Crippen LogP contribution in [-0.2, 0) is 22.3 Å². The van der Waals surface area contributed by atoms with Gasteiger partial charge in [-0.15, -0.1) is 0 Å². The Hall–Kier alpha value is -1.63. The standard InChI is InChI=1S/C15H17F3N2O2/c16-15(17,18)13-3-1-2-11(19-13)9-22-12-6-7-20(8-12)14(21)10-4-5-10/h1-3,10,12H,4-9H2. The zero-order valence-corrected chi connectivity index (χ0v) is 12.0. The van der Waals surface area contributed by atoms with Crippen molar-refractivity contribution in [3.63, 3.8) is 0 Å². The first-order valence-electron chi connectivity index (χ1n) is 7.37. The van der Waals surface area contributed by atoms with Gasteiger partial charge in [-0.2, -0.15) is 13.2 Å². The molecule has 0 bridgehead atoms. The highest BCUT2D eigenvalue weighted by atomic mass is 19.4. The van der Waals surface area contributed by atoms with Crippen LogP contribution in [0.25, 0.3) is 0 Å². The van der Waals surface area contributed by atoms with Gasteiger partial charge in [0.1, 0.15) is 5.69 Å². The fraction of sp³-hybridized carbons (Fsp3) is 0.600. The second-order valence-electron chi connectivity index (χ2n) is 5.79. The number of alkyl halides is 3.